The van der Waals surface area contributed by atoms with Gasteiger partial charge >= 0.3 is 0 Å². The van der Waals surface area contributed by atoms with Gasteiger partial charge in [-0.3, -0.25) is 0 Å². The molecule has 1 saturated carbocycles. The first-order valence-electron chi connectivity index (χ1n) is 8.06. The Balaban J connectivity index is 2.08. The minimum Gasteiger partial charge on any atom is -0.493 e. The summed E-state index contributed by atoms with van der Waals surface area (Å²) in [6.45, 7) is 7.18. The Kier molecular flexibility index (Phi) is 5.92. The Hall–Kier alpha value is -1.22. The van der Waals surface area contributed by atoms with Crippen LogP contribution in [0.1, 0.15) is 58.1 Å². The van der Waals surface area contributed by atoms with Gasteiger partial charge in [0, 0.05) is 6.61 Å². The number of benzene rings is 1. The fourth-order valence-electron chi connectivity index (χ4n) is 2.66. The first-order chi connectivity index (χ1) is 10.1. The van der Waals surface area contributed by atoms with Gasteiger partial charge in [0.2, 0.25) is 0 Å². The van der Waals surface area contributed by atoms with Crippen LogP contribution in [0.2, 0.25) is 0 Å². The molecule has 0 radical (unpaired) electrons. The lowest BCUT2D eigenvalue weighted by molar-refractivity contribution is 0.0467. The number of rotatable bonds is 7. The maximum atomic E-state index is 6.13. The lowest BCUT2D eigenvalue weighted by Crippen LogP contribution is -2.12. The summed E-state index contributed by atoms with van der Waals surface area (Å²) in [7, 11) is 1.69. The molecule has 1 aromatic carbocycles. The van der Waals surface area contributed by atoms with Crippen molar-refractivity contribution in [1.29, 1.82) is 0 Å². The lowest BCUT2D eigenvalue weighted by Gasteiger charge is -2.19. The fraction of sp³-hybridized carbons (Fsp3) is 0.667. The van der Waals surface area contributed by atoms with Crippen molar-refractivity contribution >= 4 is 0 Å². The van der Waals surface area contributed by atoms with Crippen LogP contribution in [0.25, 0.3) is 0 Å². The van der Waals surface area contributed by atoms with Gasteiger partial charge in [0.1, 0.15) is 0 Å². The maximum absolute atomic E-state index is 6.13. The third-order valence-electron chi connectivity index (χ3n) is 3.93. The first kappa shape index (κ1) is 16.2. The molecule has 21 heavy (non-hydrogen) atoms. The summed E-state index contributed by atoms with van der Waals surface area (Å²) in [4.78, 5) is 0. The minimum absolute atomic E-state index is 0.0734. The van der Waals surface area contributed by atoms with Crippen molar-refractivity contribution in [2.45, 2.75) is 58.7 Å². The lowest BCUT2D eigenvalue weighted by atomic mass is 10.1. The van der Waals surface area contributed by atoms with E-state index in [1.807, 2.05) is 6.07 Å². The van der Waals surface area contributed by atoms with Crippen molar-refractivity contribution in [3.05, 3.63) is 23.8 Å². The second-order valence-corrected chi connectivity index (χ2v) is 6.30. The van der Waals surface area contributed by atoms with Crippen molar-refractivity contribution in [2.75, 3.05) is 13.7 Å². The predicted octanol–water partition coefficient (Wildman–Crippen LogP) is 4.75. The highest BCUT2D eigenvalue weighted by Gasteiger charge is 2.19. The molecule has 1 fully saturated rings. The normalized spacial score (nSPS) is 17.2. The van der Waals surface area contributed by atoms with Crippen LogP contribution >= 0.6 is 0 Å². The molecule has 0 N–H and O–H groups in total. The zero-order valence-corrected chi connectivity index (χ0v) is 13.7. The first-order valence-corrected chi connectivity index (χ1v) is 8.06. The second kappa shape index (κ2) is 7.69. The van der Waals surface area contributed by atoms with Crippen LogP contribution in [0.15, 0.2) is 18.2 Å². The highest BCUT2D eigenvalue weighted by Crippen LogP contribution is 2.34. The number of ether oxygens (including phenoxy) is 3. The van der Waals surface area contributed by atoms with E-state index in [1.54, 1.807) is 7.11 Å². The highest BCUT2D eigenvalue weighted by molar-refractivity contribution is 5.43. The summed E-state index contributed by atoms with van der Waals surface area (Å²) >= 11 is 0. The van der Waals surface area contributed by atoms with Gasteiger partial charge in [-0.05, 0) is 56.2 Å². The molecule has 1 atom stereocenters. The average Bonchev–Trinajstić information content (AvgIpc) is 2.97. The molecule has 2 rings (SSSR count). The van der Waals surface area contributed by atoms with Gasteiger partial charge in [-0.1, -0.05) is 19.9 Å². The third-order valence-corrected chi connectivity index (χ3v) is 3.93. The van der Waals surface area contributed by atoms with Crippen molar-refractivity contribution in [2.24, 2.45) is 5.92 Å². The average molecular weight is 292 g/mol. The van der Waals surface area contributed by atoms with Crippen LogP contribution in [0.5, 0.6) is 11.5 Å². The van der Waals surface area contributed by atoms with E-state index in [4.69, 9.17) is 14.2 Å². The molecule has 1 aliphatic rings. The number of methoxy groups -OCH3 is 1. The van der Waals surface area contributed by atoms with Gasteiger partial charge in [0.25, 0.3) is 0 Å². The van der Waals surface area contributed by atoms with E-state index >= 15 is 0 Å². The second-order valence-electron chi connectivity index (χ2n) is 6.30. The van der Waals surface area contributed by atoms with Crippen LogP contribution in [0, 0.1) is 5.92 Å². The maximum Gasteiger partial charge on any atom is 0.161 e. The minimum atomic E-state index is 0.0734. The zero-order chi connectivity index (χ0) is 15.2. The Morgan fingerprint density at radius 2 is 1.81 bits per heavy atom. The van der Waals surface area contributed by atoms with E-state index in [0.29, 0.717) is 12.0 Å². The Morgan fingerprint density at radius 1 is 1.10 bits per heavy atom. The van der Waals surface area contributed by atoms with Gasteiger partial charge in [-0.2, -0.15) is 0 Å². The van der Waals surface area contributed by atoms with E-state index in [2.05, 4.69) is 32.9 Å². The molecule has 0 aromatic heterocycles. The van der Waals surface area contributed by atoms with Gasteiger partial charge in [-0.15, -0.1) is 0 Å². The Morgan fingerprint density at radius 3 is 2.43 bits per heavy atom. The summed E-state index contributed by atoms with van der Waals surface area (Å²) in [5.41, 5.74) is 1.14. The van der Waals surface area contributed by atoms with Gasteiger partial charge in [0.05, 0.1) is 19.3 Å². The highest BCUT2D eigenvalue weighted by atomic mass is 16.5. The van der Waals surface area contributed by atoms with Gasteiger partial charge in [0.15, 0.2) is 11.5 Å². The van der Waals surface area contributed by atoms with E-state index in [1.165, 1.54) is 12.8 Å². The van der Waals surface area contributed by atoms with Crippen molar-refractivity contribution < 1.29 is 14.2 Å². The summed E-state index contributed by atoms with van der Waals surface area (Å²) in [5, 5.41) is 0. The van der Waals surface area contributed by atoms with Gasteiger partial charge < -0.3 is 14.2 Å². The van der Waals surface area contributed by atoms with Crippen LogP contribution < -0.4 is 9.47 Å². The molecule has 0 heterocycles. The van der Waals surface area contributed by atoms with Crippen molar-refractivity contribution in [1.82, 2.24) is 0 Å². The molecular formula is C18H28O3. The third kappa shape index (κ3) is 4.63. The van der Waals surface area contributed by atoms with Crippen LogP contribution in [0.4, 0.5) is 0 Å². The topological polar surface area (TPSA) is 27.7 Å². The van der Waals surface area contributed by atoms with Crippen LogP contribution in [-0.2, 0) is 4.74 Å². The SMILES string of the molecule is COc1ccc(C(C)OCC(C)C)cc1OC1CCCC1. The fourth-order valence-corrected chi connectivity index (χ4v) is 2.66. The Bertz CT molecular complexity index is 436. The smallest absolute Gasteiger partial charge is 0.161 e. The summed E-state index contributed by atoms with van der Waals surface area (Å²) in [6, 6.07) is 6.11. The largest absolute Gasteiger partial charge is 0.493 e. The summed E-state index contributed by atoms with van der Waals surface area (Å²) in [6.07, 6.45) is 5.23. The van der Waals surface area contributed by atoms with Crippen molar-refractivity contribution in [3.63, 3.8) is 0 Å². The molecule has 3 nitrogen and oxygen atoms in total. The molecule has 3 heteroatoms. The van der Waals surface area contributed by atoms with E-state index in [-0.39, 0.29) is 6.10 Å². The Labute approximate surface area is 128 Å². The predicted molar refractivity (Wildman–Crippen MR) is 85.1 cm³/mol. The quantitative estimate of drug-likeness (QED) is 0.726. The van der Waals surface area contributed by atoms with Crippen molar-refractivity contribution in [3.8, 4) is 11.5 Å². The molecule has 0 bridgehead atoms. The summed E-state index contributed by atoms with van der Waals surface area (Å²) < 4.78 is 17.4. The zero-order valence-electron chi connectivity index (χ0n) is 13.7. The molecule has 0 aliphatic heterocycles. The van der Waals surface area contributed by atoms with Gasteiger partial charge in [-0.25, -0.2) is 0 Å². The monoisotopic (exact) mass is 292 g/mol. The molecule has 1 aromatic rings. The van der Waals surface area contributed by atoms with E-state index in [9.17, 15) is 0 Å². The molecule has 0 amide bonds. The summed E-state index contributed by atoms with van der Waals surface area (Å²) in [5.74, 6) is 2.20. The molecule has 0 saturated heterocycles. The van der Waals surface area contributed by atoms with Crippen LogP contribution in [0.3, 0.4) is 0 Å². The molecular weight excluding hydrogens is 264 g/mol. The molecule has 1 aliphatic carbocycles. The van der Waals surface area contributed by atoms with E-state index in [0.717, 1.165) is 36.5 Å². The molecule has 1 unspecified atom stereocenters. The number of hydrogen-bond donors (Lipinski definition) is 0. The van der Waals surface area contributed by atoms with E-state index < -0.39 is 0 Å². The molecule has 118 valence electrons. The standard InChI is InChI=1S/C18H28O3/c1-13(2)12-20-14(3)15-9-10-17(19-4)18(11-15)21-16-7-5-6-8-16/h9-11,13-14,16H,5-8,12H2,1-4H3. The molecule has 0 spiro atoms. The number of hydrogen-bond acceptors (Lipinski definition) is 3. The van der Waals surface area contributed by atoms with Crippen LogP contribution in [-0.4, -0.2) is 19.8 Å².